The van der Waals surface area contributed by atoms with E-state index in [1.807, 2.05) is 24.3 Å². The van der Waals surface area contributed by atoms with Crippen LogP contribution in [0.2, 0.25) is 0 Å². The van der Waals surface area contributed by atoms with Gasteiger partial charge >= 0.3 is 0 Å². The van der Waals surface area contributed by atoms with Crippen molar-refractivity contribution in [1.29, 1.82) is 0 Å². The number of rotatable bonds is 8. The van der Waals surface area contributed by atoms with Crippen LogP contribution in [0.5, 0.6) is 11.5 Å². The summed E-state index contributed by atoms with van der Waals surface area (Å²) in [5, 5.41) is 2.95. The van der Waals surface area contributed by atoms with Crippen LogP contribution in [0.3, 0.4) is 0 Å². The van der Waals surface area contributed by atoms with Crippen molar-refractivity contribution in [3.63, 3.8) is 0 Å². The standard InChI is InChI=1S/C24H30N2O3/c1-4-12-25-24(27)20-10-11-23(19-8-6-5-7-9-19)26(17-20)16-18-13-21(28-2)15-22(14-18)29-3/h4-9,13-15,20,23H,1,10-12,16-17H2,2-3H3,(H,25,27). The highest BCUT2D eigenvalue weighted by molar-refractivity contribution is 5.79. The molecule has 0 aliphatic carbocycles. The summed E-state index contributed by atoms with van der Waals surface area (Å²) >= 11 is 0. The number of hydrogen-bond donors (Lipinski definition) is 1. The smallest absolute Gasteiger partial charge is 0.224 e. The molecule has 3 rings (SSSR count). The van der Waals surface area contributed by atoms with Crippen LogP contribution in [-0.2, 0) is 11.3 Å². The number of hydrogen-bond acceptors (Lipinski definition) is 4. The maximum Gasteiger partial charge on any atom is 0.224 e. The highest BCUT2D eigenvalue weighted by Gasteiger charge is 2.32. The molecule has 0 spiro atoms. The number of methoxy groups -OCH3 is 2. The minimum absolute atomic E-state index is 0.0255. The molecule has 5 heteroatoms. The van der Waals surface area contributed by atoms with Crippen molar-refractivity contribution in [2.24, 2.45) is 5.92 Å². The zero-order valence-corrected chi connectivity index (χ0v) is 17.3. The topological polar surface area (TPSA) is 50.8 Å². The summed E-state index contributed by atoms with van der Waals surface area (Å²) in [6.07, 6.45) is 3.53. The normalized spacial score (nSPS) is 19.4. The minimum Gasteiger partial charge on any atom is -0.497 e. The molecule has 1 N–H and O–H groups in total. The maximum atomic E-state index is 12.6. The Balaban J connectivity index is 1.84. The summed E-state index contributed by atoms with van der Waals surface area (Å²) in [6.45, 7) is 5.62. The van der Waals surface area contributed by atoms with Gasteiger partial charge in [0.25, 0.3) is 0 Å². The van der Waals surface area contributed by atoms with Gasteiger partial charge in [0.15, 0.2) is 0 Å². The van der Waals surface area contributed by atoms with Gasteiger partial charge in [-0.25, -0.2) is 0 Å². The number of nitrogens with zero attached hydrogens (tertiary/aromatic N) is 1. The van der Waals surface area contributed by atoms with Crippen molar-refractivity contribution in [2.45, 2.75) is 25.4 Å². The minimum atomic E-state index is -0.0255. The van der Waals surface area contributed by atoms with E-state index in [1.165, 1.54) is 5.56 Å². The van der Waals surface area contributed by atoms with Gasteiger partial charge in [-0.15, -0.1) is 6.58 Å². The zero-order chi connectivity index (χ0) is 20.6. The third-order valence-electron chi connectivity index (χ3n) is 5.46. The second-order valence-electron chi connectivity index (χ2n) is 7.38. The molecule has 2 aromatic rings. The first-order chi connectivity index (χ1) is 14.1. The molecule has 1 heterocycles. The fourth-order valence-electron chi connectivity index (χ4n) is 3.99. The zero-order valence-electron chi connectivity index (χ0n) is 17.3. The molecule has 154 valence electrons. The van der Waals surface area contributed by atoms with Crippen LogP contribution in [0.1, 0.15) is 30.0 Å². The Kier molecular flexibility index (Phi) is 7.30. The van der Waals surface area contributed by atoms with E-state index in [2.05, 4.69) is 41.1 Å². The average molecular weight is 395 g/mol. The molecule has 0 radical (unpaired) electrons. The summed E-state index contributed by atoms with van der Waals surface area (Å²) in [7, 11) is 3.32. The first-order valence-electron chi connectivity index (χ1n) is 10.0. The van der Waals surface area contributed by atoms with Crippen molar-refractivity contribution in [3.05, 3.63) is 72.3 Å². The van der Waals surface area contributed by atoms with Gasteiger partial charge in [0.05, 0.1) is 20.1 Å². The van der Waals surface area contributed by atoms with E-state index >= 15 is 0 Å². The molecule has 1 fully saturated rings. The van der Waals surface area contributed by atoms with E-state index < -0.39 is 0 Å². The summed E-state index contributed by atoms with van der Waals surface area (Å²) < 4.78 is 10.9. The van der Waals surface area contributed by atoms with Gasteiger partial charge in [-0.1, -0.05) is 36.4 Å². The summed E-state index contributed by atoms with van der Waals surface area (Å²) in [4.78, 5) is 15.0. The molecule has 29 heavy (non-hydrogen) atoms. The van der Waals surface area contributed by atoms with Crippen molar-refractivity contribution < 1.29 is 14.3 Å². The molecule has 2 aromatic carbocycles. The molecular formula is C24H30N2O3. The number of likely N-dealkylation sites (tertiary alicyclic amines) is 1. The molecule has 1 saturated heterocycles. The van der Waals surface area contributed by atoms with Gasteiger partial charge in [0.2, 0.25) is 5.91 Å². The Morgan fingerprint density at radius 1 is 1.14 bits per heavy atom. The number of carbonyl (C=O) groups is 1. The first-order valence-corrected chi connectivity index (χ1v) is 10.0. The molecule has 0 saturated carbocycles. The van der Waals surface area contributed by atoms with Gasteiger partial charge in [-0.05, 0) is 36.1 Å². The Labute approximate surface area is 173 Å². The summed E-state index contributed by atoms with van der Waals surface area (Å²) in [5.74, 6) is 1.62. The molecule has 1 amide bonds. The second kappa shape index (κ2) is 10.1. The number of amides is 1. The van der Waals surface area contributed by atoms with E-state index in [-0.39, 0.29) is 17.9 Å². The van der Waals surface area contributed by atoms with Gasteiger partial charge in [0, 0.05) is 31.7 Å². The van der Waals surface area contributed by atoms with E-state index in [1.54, 1.807) is 20.3 Å². The summed E-state index contributed by atoms with van der Waals surface area (Å²) in [5.41, 5.74) is 2.39. The fraction of sp³-hybridized carbons (Fsp3) is 0.375. The third kappa shape index (κ3) is 5.39. The van der Waals surface area contributed by atoms with E-state index in [0.29, 0.717) is 13.1 Å². The van der Waals surface area contributed by atoms with E-state index in [9.17, 15) is 4.79 Å². The van der Waals surface area contributed by atoms with Crippen LogP contribution in [0, 0.1) is 5.92 Å². The molecular weight excluding hydrogens is 364 g/mol. The van der Waals surface area contributed by atoms with E-state index in [4.69, 9.17) is 9.47 Å². The van der Waals surface area contributed by atoms with Gasteiger partial charge in [-0.2, -0.15) is 0 Å². The van der Waals surface area contributed by atoms with Gasteiger partial charge in [-0.3, -0.25) is 9.69 Å². The lowest BCUT2D eigenvalue weighted by atomic mass is 9.88. The third-order valence-corrected chi connectivity index (χ3v) is 5.46. The highest BCUT2D eigenvalue weighted by atomic mass is 16.5. The maximum absolute atomic E-state index is 12.6. The lowest BCUT2D eigenvalue weighted by Gasteiger charge is -2.39. The predicted octanol–water partition coefficient (Wildman–Crippen LogP) is 3.96. The lowest BCUT2D eigenvalue weighted by Crippen LogP contribution is -2.44. The van der Waals surface area contributed by atoms with Crippen LogP contribution in [0.4, 0.5) is 0 Å². The van der Waals surface area contributed by atoms with Crippen molar-refractivity contribution in [2.75, 3.05) is 27.3 Å². The van der Waals surface area contributed by atoms with Crippen LogP contribution < -0.4 is 14.8 Å². The monoisotopic (exact) mass is 394 g/mol. The number of nitrogens with one attached hydrogen (secondary N) is 1. The Morgan fingerprint density at radius 3 is 2.45 bits per heavy atom. The molecule has 1 aliphatic heterocycles. The quantitative estimate of drug-likeness (QED) is 0.689. The van der Waals surface area contributed by atoms with Crippen LogP contribution in [-0.4, -0.2) is 38.1 Å². The van der Waals surface area contributed by atoms with E-state index in [0.717, 1.165) is 36.4 Å². The number of benzene rings is 2. The SMILES string of the molecule is C=CCNC(=O)C1CCC(c2ccccc2)N(Cc2cc(OC)cc(OC)c2)C1. The van der Waals surface area contributed by atoms with Crippen LogP contribution in [0.25, 0.3) is 0 Å². The van der Waals surface area contributed by atoms with Gasteiger partial charge in [0.1, 0.15) is 11.5 Å². The summed E-state index contributed by atoms with van der Waals surface area (Å²) in [6, 6.07) is 16.7. The Hall–Kier alpha value is -2.79. The molecule has 2 unspecified atom stereocenters. The van der Waals surface area contributed by atoms with Crippen LogP contribution in [0.15, 0.2) is 61.2 Å². The number of carbonyl (C=O) groups excluding carboxylic acids is 1. The molecule has 1 aliphatic rings. The van der Waals surface area contributed by atoms with Crippen molar-refractivity contribution in [3.8, 4) is 11.5 Å². The fourth-order valence-corrected chi connectivity index (χ4v) is 3.99. The Bertz CT molecular complexity index is 800. The predicted molar refractivity (Wildman–Crippen MR) is 115 cm³/mol. The Morgan fingerprint density at radius 2 is 1.83 bits per heavy atom. The molecule has 0 aromatic heterocycles. The van der Waals surface area contributed by atoms with Crippen LogP contribution >= 0.6 is 0 Å². The molecule has 5 nitrogen and oxygen atoms in total. The lowest BCUT2D eigenvalue weighted by molar-refractivity contribution is -0.127. The van der Waals surface area contributed by atoms with Crippen molar-refractivity contribution >= 4 is 5.91 Å². The molecule has 2 atom stereocenters. The van der Waals surface area contributed by atoms with Crippen molar-refractivity contribution in [1.82, 2.24) is 10.2 Å². The first kappa shape index (κ1) is 20.9. The second-order valence-corrected chi connectivity index (χ2v) is 7.38. The largest absolute Gasteiger partial charge is 0.497 e. The number of ether oxygens (including phenoxy) is 2. The van der Waals surface area contributed by atoms with Gasteiger partial charge < -0.3 is 14.8 Å². The average Bonchev–Trinajstić information content (AvgIpc) is 2.77. The number of piperidine rings is 1. The highest BCUT2D eigenvalue weighted by Crippen LogP contribution is 2.35. The molecule has 0 bridgehead atoms.